The number of hydrogen-bond acceptors (Lipinski definition) is 2. The molecule has 0 saturated heterocycles. The lowest BCUT2D eigenvalue weighted by atomic mass is 9.92. The quantitative estimate of drug-likeness (QED) is 0.880. The van der Waals surface area contributed by atoms with Crippen LogP contribution in [-0.4, -0.2) is 13.7 Å². The van der Waals surface area contributed by atoms with Crippen LogP contribution in [0, 0.1) is 5.92 Å². The second-order valence-corrected chi connectivity index (χ2v) is 5.36. The molecule has 1 atom stereocenters. The molecular weight excluding hydrogens is 270 g/mol. The molecule has 0 amide bonds. The van der Waals surface area contributed by atoms with Gasteiger partial charge in [-0.05, 0) is 54.6 Å². The fourth-order valence-electron chi connectivity index (χ4n) is 2.31. The van der Waals surface area contributed by atoms with Gasteiger partial charge in [-0.3, -0.25) is 0 Å². The first-order valence-electron chi connectivity index (χ1n) is 6.79. The van der Waals surface area contributed by atoms with Crippen molar-refractivity contribution in [1.29, 1.82) is 0 Å². The first-order valence-corrected chi connectivity index (χ1v) is 7.17. The van der Waals surface area contributed by atoms with Gasteiger partial charge in [-0.1, -0.05) is 41.9 Å². The summed E-state index contributed by atoms with van der Waals surface area (Å²) in [5.41, 5.74) is 8.34. The second-order valence-electron chi connectivity index (χ2n) is 4.95. The van der Waals surface area contributed by atoms with E-state index in [4.69, 9.17) is 22.1 Å². The molecule has 0 radical (unpaired) electrons. The van der Waals surface area contributed by atoms with Crippen molar-refractivity contribution in [3.8, 4) is 5.75 Å². The largest absolute Gasteiger partial charge is 0.497 e. The molecule has 0 aliphatic rings. The number of benzene rings is 2. The minimum Gasteiger partial charge on any atom is -0.497 e. The lowest BCUT2D eigenvalue weighted by molar-refractivity contribution is 0.414. The van der Waals surface area contributed by atoms with Gasteiger partial charge in [-0.25, -0.2) is 0 Å². The number of methoxy groups -OCH3 is 1. The Labute approximate surface area is 125 Å². The molecule has 2 nitrogen and oxygen atoms in total. The zero-order chi connectivity index (χ0) is 14.4. The van der Waals surface area contributed by atoms with Crippen molar-refractivity contribution in [2.24, 2.45) is 11.7 Å². The summed E-state index contributed by atoms with van der Waals surface area (Å²) < 4.78 is 5.17. The van der Waals surface area contributed by atoms with Crippen LogP contribution < -0.4 is 10.5 Å². The summed E-state index contributed by atoms with van der Waals surface area (Å²) in [4.78, 5) is 0. The number of rotatable bonds is 6. The number of ether oxygens (including phenoxy) is 1. The van der Waals surface area contributed by atoms with Gasteiger partial charge >= 0.3 is 0 Å². The predicted octanol–water partition coefficient (Wildman–Crippen LogP) is 3.71. The van der Waals surface area contributed by atoms with Crippen LogP contribution in [0.5, 0.6) is 5.75 Å². The molecule has 3 heteroatoms. The Morgan fingerprint density at radius 1 is 1.05 bits per heavy atom. The minimum absolute atomic E-state index is 0.392. The van der Waals surface area contributed by atoms with Gasteiger partial charge in [0.2, 0.25) is 0 Å². The van der Waals surface area contributed by atoms with Gasteiger partial charge < -0.3 is 10.5 Å². The van der Waals surface area contributed by atoms with Crippen LogP contribution in [0.3, 0.4) is 0 Å². The normalized spacial score (nSPS) is 12.2. The van der Waals surface area contributed by atoms with Crippen LogP contribution in [0.4, 0.5) is 0 Å². The predicted molar refractivity (Wildman–Crippen MR) is 84.4 cm³/mol. The molecule has 20 heavy (non-hydrogen) atoms. The van der Waals surface area contributed by atoms with Gasteiger partial charge in [0.1, 0.15) is 5.75 Å². The van der Waals surface area contributed by atoms with Crippen LogP contribution >= 0.6 is 11.6 Å². The highest BCUT2D eigenvalue weighted by Gasteiger charge is 2.11. The van der Waals surface area contributed by atoms with E-state index in [0.717, 1.165) is 29.2 Å². The van der Waals surface area contributed by atoms with Crippen LogP contribution in [-0.2, 0) is 12.8 Å². The average Bonchev–Trinajstić information content (AvgIpc) is 2.49. The van der Waals surface area contributed by atoms with E-state index in [2.05, 4.69) is 18.2 Å². The molecule has 0 spiro atoms. The van der Waals surface area contributed by atoms with Crippen molar-refractivity contribution in [3.63, 3.8) is 0 Å². The van der Waals surface area contributed by atoms with Crippen molar-refractivity contribution in [2.75, 3.05) is 13.7 Å². The fourth-order valence-corrected chi connectivity index (χ4v) is 2.52. The van der Waals surface area contributed by atoms with E-state index in [9.17, 15) is 0 Å². The Morgan fingerprint density at radius 3 is 2.35 bits per heavy atom. The SMILES string of the molecule is COc1ccc(CC(CN)Cc2ccccc2Cl)cc1. The molecule has 1 unspecified atom stereocenters. The molecule has 0 fully saturated rings. The number of hydrogen-bond donors (Lipinski definition) is 1. The maximum absolute atomic E-state index is 6.21. The molecule has 0 saturated carbocycles. The summed E-state index contributed by atoms with van der Waals surface area (Å²) in [5, 5.41) is 0.820. The fraction of sp³-hybridized carbons (Fsp3) is 0.294. The monoisotopic (exact) mass is 289 g/mol. The lowest BCUT2D eigenvalue weighted by Gasteiger charge is -2.16. The molecule has 2 aromatic rings. The third kappa shape index (κ3) is 3.99. The van der Waals surface area contributed by atoms with Gasteiger partial charge in [0, 0.05) is 5.02 Å². The standard InChI is InChI=1S/C17H20ClNO/c1-20-16-8-6-13(7-9-16)10-14(12-19)11-15-4-2-3-5-17(15)18/h2-9,14H,10-12,19H2,1H3. The van der Waals surface area contributed by atoms with E-state index in [1.54, 1.807) is 7.11 Å². The Hall–Kier alpha value is -1.51. The Balaban J connectivity index is 2.03. The zero-order valence-electron chi connectivity index (χ0n) is 11.7. The van der Waals surface area contributed by atoms with Crippen LogP contribution in [0.2, 0.25) is 5.02 Å². The Kier molecular flexibility index (Phi) is 5.45. The molecule has 0 aromatic heterocycles. The van der Waals surface area contributed by atoms with Crippen LogP contribution in [0.25, 0.3) is 0 Å². The zero-order valence-corrected chi connectivity index (χ0v) is 12.4. The summed E-state index contributed by atoms with van der Waals surface area (Å²) in [6.45, 7) is 0.650. The van der Waals surface area contributed by atoms with E-state index in [-0.39, 0.29) is 0 Å². The minimum atomic E-state index is 0.392. The van der Waals surface area contributed by atoms with Gasteiger partial charge in [0.05, 0.1) is 7.11 Å². The summed E-state index contributed by atoms with van der Waals surface area (Å²) in [5.74, 6) is 1.27. The smallest absolute Gasteiger partial charge is 0.118 e. The molecule has 2 N–H and O–H groups in total. The van der Waals surface area contributed by atoms with Gasteiger partial charge in [0.25, 0.3) is 0 Å². The van der Waals surface area contributed by atoms with Crippen molar-refractivity contribution >= 4 is 11.6 Å². The molecule has 106 valence electrons. The van der Waals surface area contributed by atoms with E-state index >= 15 is 0 Å². The highest BCUT2D eigenvalue weighted by molar-refractivity contribution is 6.31. The van der Waals surface area contributed by atoms with Crippen LogP contribution in [0.15, 0.2) is 48.5 Å². The second kappa shape index (κ2) is 7.32. The Bertz CT molecular complexity index is 539. The van der Waals surface area contributed by atoms with E-state index in [1.807, 2.05) is 30.3 Å². The maximum Gasteiger partial charge on any atom is 0.118 e. The summed E-state index contributed by atoms with van der Waals surface area (Å²) in [6, 6.07) is 16.1. The van der Waals surface area contributed by atoms with Gasteiger partial charge in [-0.15, -0.1) is 0 Å². The maximum atomic E-state index is 6.21. The van der Waals surface area contributed by atoms with E-state index in [1.165, 1.54) is 5.56 Å². The average molecular weight is 290 g/mol. The summed E-state index contributed by atoms with van der Waals surface area (Å²) in [6.07, 6.45) is 1.86. The summed E-state index contributed by atoms with van der Waals surface area (Å²) >= 11 is 6.21. The van der Waals surface area contributed by atoms with E-state index in [0.29, 0.717) is 12.5 Å². The first kappa shape index (κ1) is 14.9. The van der Waals surface area contributed by atoms with Crippen molar-refractivity contribution in [2.45, 2.75) is 12.8 Å². The first-order chi connectivity index (χ1) is 9.72. The lowest BCUT2D eigenvalue weighted by Crippen LogP contribution is -2.19. The van der Waals surface area contributed by atoms with Gasteiger partial charge in [0.15, 0.2) is 0 Å². The molecule has 0 heterocycles. The highest BCUT2D eigenvalue weighted by atomic mass is 35.5. The number of halogens is 1. The molecule has 2 aromatic carbocycles. The molecule has 2 rings (SSSR count). The van der Waals surface area contributed by atoms with Crippen molar-refractivity contribution < 1.29 is 4.74 Å². The van der Waals surface area contributed by atoms with Gasteiger partial charge in [-0.2, -0.15) is 0 Å². The molecule has 0 aliphatic heterocycles. The molecule has 0 aliphatic carbocycles. The summed E-state index contributed by atoms with van der Waals surface area (Å²) in [7, 11) is 1.68. The van der Waals surface area contributed by atoms with Crippen molar-refractivity contribution in [3.05, 3.63) is 64.7 Å². The third-order valence-electron chi connectivity index (χ3n) is 3.48. The Morgan fingerprint density at radius 2 is 1.75 bits per heavy atom. The third-order valence-corrected chi connectivity index (χ3v) is 3.85. The molecule has 0 bridgehead atoms. The van der Waals surface area contributed by atoms with Crippen molar-refractivity contribution in [1.82, 2.24) is 0 Å². The number of nitrogens with two attached hydrogens (primary N) is 1. The van der Waals surface area contributed by atoms with E-state index < -0.39 is 0 Å². The van der Waals surface area contributed by atoms with Crippen LogP contribution in [0.1, 0.15) is 11.1 Å². The highest BCUT2D eigenvalue weighted by Crippen LogP contribution is 2.21. The topological polar surface area (TPSA) is 35.2 Å². The molecular formula is C17H20ClNO.